The second kappa shape index (κ2) is 12.0. The minimum Gasteiger partial charge on any atom is -0.474 e. The molecule has 0 saturated carbocycles. The van der Waals surface area contributed by atoms with Gasteiger partial charge in [-0.05, 0) is 47.3 Å². The maximum atomic E-state index is 13.7. The molecule has 6 nitrogen and oxygen atoms in total. The molecule has 4 N–H and O–H groups in total. The minimum absolute atomic E-state index is 0.0855. The Hall–Kier alpha value is -2.44. The van der Waals surface area contributed by atoms with Crippen molar-refractivity contribution in [2.24, 2.45) is 0 Å². The number of carbonyl (C=O) groups is 1. The van der Waals surface area contributed by atoms with Crippen LogP contribution in [0.2, 0.25) is 0 Å². The molecule has 0 rings (SSSR count). The van der Waals surface area contributed by atoms with E-state index in [2.05, 4.69) is 27.8 Å². The van der Waals surface area contributed by atoms with Crippen LogP contribution in [0.15, 0.2) is 47.9 Å². The molecular weight excluding hydrogens is 335 g/mol. The topological polar surface area (TPSA) is 74.4 Å². The number of ether oxygens (including phenoxy) is 1. The smallest absolute Gasteiger partial charge is 0.248 e. The third-order valence-corrected chi connectivity index (χ3v) is 3.03. The SMILES string of the molecule is C=C(NCCN/C=C(\C)C(=O)NC/C(NC)=C(F)/C=C\C)OC(C)(C)C. The molecule has 0 aliphatic rings. The maximum Gasteiger partial charge on any atom is 0.248 e. The van der Waals surface area contributed by atoms with Gasteiger partial charge < -0.3 is 26.0 Å². The molecule has 0 atom stereocenters. The molecule has 0 aliphatic carbocycles. The van der Waals surface area contributed by atoms with Crippen LogP contribution in [0.5, 0.6) is 0 Å². The van der Waals surface area contributed by atoms with Crippen molar-refractivity contribution in [3.05, 3.63) is 47.9 Å². The number of hydrogen-bond acceptors (Lipinski definition) is 5. The van der Waals surface area contributed by atoms with Crippen molar-refractivity contribution >= 4 is 5.91 Å². The first-order chi connectivity index (χ1) is 12.1. The molecule has 0 bridgehead atoms. The highest BCUT2D eigenvalue weighted by Gasteiger charge is 2.11. The highest BCUT2D eigenvalue weighted by atomic mass is 19.1. The minimum atomic E-state index is -0.404. The van der Waals surface area contributed by atoms with E-state index in [0.29, 0.717) is 30.2 Å². The molecule has 0 fully saturated rings. The second-order valence-electron chi connectivity index (χ2n) is 6.61. The first-order valence-electron chi connectivity index (χ1n) is 8.60. The van der Waals surface area contributed by atoms with E-state index in [4.69, 9.17) is 4.74 Å². The summed E-state index contributed by atoms with van der Waals surface area (Å²) in [6.45, 7) is 14.3. The normalized spacial score (nSPS) is 13.1. The van der Waals surface area contributed by atoms with Crippen LogP contribution in [0, 0.1) is 0 Å². The van der Waals surface area contributed by atoms with Crippen LogP contribution in [0.4, 0.5) is 4.39 Å². The van der Waals surface area contributed by atoms with Gasteiger partial charge in [-0.1, -0.05) is 6.08 Å². The van der Waals surface area contributed by atoms with Crippen molar-refractivity contribution in [2.75, 3.05) is 26.7 Å². The summed E-state index contributed by atoms with van der Waals surface area (Å²) in [5.41, 5.74) is 0.523. The first kappa shape index (κ1) is 23.6. The van der Waals surface area contributed by atoms with Crippen molar-refractivity contribution < 1.29 is 13.9 Å². The van der Waals surface area contributed by atoms with Gasteiger partial charge in [0.25, 0.3) is 0 Å². The summed E-state index contributed by atoms with van der Waals surface area (Å²) in [6, 6.07) is 0. The average molecular weight is 368 g/mol. The molecule has 0 aromatic rings. The highest BCUT2D eigenvalue weighted by molar-refractivity contribution is 5.92. The molecule has 0 aromatic heterocycles. The van der Waals surface area contributed by atoms with Gasteiger partial charge in [-0.2, -0.15) is 0 Å². The van der Waals surface area contributed by atoms with Crippen molar-refractivity contribution in [2.45, 2.75) is 40.2 Å². The molecule has 0 saturated heterocycles. The number of carbonyl (C=O) groups excluding carboxylic acids is 1. The van der Waals surface area contributed by atoms with E-state index in [1.807, 2.05) is 20.8 Å². The fraction of sp³-hybridized carbons (Fsp3) is 0.526. The van der Waals surface area contributed by atoms with Gasteiger partial charge in [0.15, 0.2) is 5.88 Å². The average Bonchev–Trinajstić information content (AvgIpc) is 2.53. The lowest BCUT2D eigenvalue weighted by Gasteiger charge is -2.23. The molecule has 0 heterocycles. The lowest BCUT2D eigenvalue weighted by atomic mass is 10.2. The zero-order valence-electron chi connectivity index (χ0n) is 16.8. The number of nitrogens with one attached hydrogen (secondary N) is 4. The van der Waals surface area contributed by atoms with Crippen LogP contribution in [0.3, 0.4) is 0 Å². The lowest BCUT2D eigenvalue weighted by molar-refractivity contribution is -0.117. The summed E-state index contributed by atoms with van der Waals surface area (Å²) in [5, 5.41) is 11.5. The van der Waals surface area contributed by atoms with Crippen molar-refractivity contribution in [3.8, 4) is 0 Å². The van der Waals surface area contributed by atoms with E-state index in [9.17, 15) is 9.18 Å². The van der Waals surface area contributed by atoms with Crippen molar-refractivity contribution in [1.29, 1.82) is 0 Å². The standard InChI is InChI=1S/C19H33FN4O2/c1-8-9-16(20)17(21-7)13-24-18(25)14(2)12-22-10-11-23-15(3)26-19(4,5)6/h8-9,12,21-23H,3,10-11,13H2,1-2,4-7H3,(H,24,25)/b9-8-,14-12+,17-16+. The number of rotatable bonds is 11. The van der Waals surface area contributed by atoms with Gasteiger partial charge in [-0.3, -0.25) is 4.79 Å². The van der Waals surface area contributed by atoms with E-state index >= 15 is 0 Å². The summed E-state index contributed by atoms with van der Waals surface area (Å²) in [5.74, 6) is -0.168. The largest absolute Gasteiger partial charge is 0.474 e. The Morgan fingerprint density at radius 3 is 2.42 bits per heavy atom. The molecular formula is C19H33FN4O2. The molecule has 26 heavy (non-hydrogen) atoms. The van der Waals surface area contributed by atoms with Gasteiger partial charge in [-0.15, -0.1) is 0 Å². The quantitative estimate of drug-likeness (QED) is 0.195. The van der Waals surface area contributed by atoms with Crippen molar-refractivity contribution in [1.82, 2.24) is 21.3 Å². The fourth-order valence-corrected chi connectivity index (χ4v) is 1.82. The summed E-state index contributed by atoms with van der Waals surface area (Å²) < 4.78 is 19.2. The third-order valence-electron chi connectivity index (χ3n) is 3.03. The zero-order valence-corrected chi connectivity index (χ0v) is 16.8. The first-order valence-corrected chi connectivity index (χ1v) is 8.60. The Morgan fingerprint density at radius 1 is 1.23 bits per heavy atom. The van der Waals surface area contributed by atoms with Crippen LogP contribution in [0.1, 0.15) is 34.6 Å². The van der Waals surface area contributed by atoms with Gasteiger partial charge in [-0.25, -0.2) is 4.39 Å². The molecule has 7 heteroatoms. The summed E-state index contributed by atoms with van der Waals surface area (Å²) in [4.78, 5) is 12.0. The lowest BCUT2D eigenvalue weighted by Crippen LogP contribution is -2.31. The number of likely N-dealkylation sites (N-methyl/N-ethyl adjacent to an activating group) is 1. The number of amides is 1. The predicted molar refractivity (Wildman–Crippen MR) is 105 cm³/mol. The van der Waals surface area contributed by atoms with E-state index in [0.717, 1.165) is 0 Å². The monoisotopic (exact) mass is 368 g/mol. The summed E-state index contributed by atoms with van der Waals surface area (Å²) >= 11 is 0. The van der Waals surface area contributed by atoms with E-state index in [-0.39, 0.29) is 18.1 Å². The van der Waals surface area contributed by atoms with E-state index in [1.165, 1.54) is 6.08 Å². The molecule has 0 unspecified atom stereocenters. The summed E-state index contributed by atoms with van der Waals surface area (Å²) in [6.07, 6.45) is 4.56. The van der Waals surface area contributed by atoms with Crippen LogP contribution in [-0.2, 0) is 9.53 Å². The fourth-order valence-electron chi connectivity index (χ4n) is 1.82. The van der Waals surface area contributed by atoms with E-state index in [1.54, 1.807) is 33.2 Å². The molecule has 0 aromatic carbocycles. The second-order valence-corrected chi connectivity index (χ2v) is 6.61. The number of allylic oxidation sites excluding steroid dienone is 3. The van der Waals surface area contributed by atoms with Gasteiger partial charge in [0.1, 0.15) is 11.4 Å². The highest BCUT2D eigenvalue weighted by Crippen LogP contribution is 2.09. The Kier molecular flexibility index (Phi) is 10.9. The Balaban J connectivity index is 4.25. The number of hydrogen-bond donors (Lipinski definition) is 4. The third kappa shape index (κ3) is 11.2. The van der Waals surface area contributed by atoms with Crippen LogP contribution in [-0.4, -0.2) is 38.2 Å². The summed E-state index contributed by atoms with van der Waals surface area (Å²) in [7, 11) is 1.61. The van der Waals surface area contributed by atoms with Crippen LogP contribution >= 0.6 is 0 Å². The molecule has 1 amide bonds. The van der Waals surface area contributed by atoms with Crippen molar-refractivity contribution in [3.63, 3.8) is 0 Å². The van der Waals surface area contributed by atoms with Gasteiger partial charge in [0.2, 0.25) is 5.91 Å². The van der Waals surface area contributed by atoms with Crippen LogP contribution < -0.4 is 21.3 Å². The molecule has 0 spiro atoms. The number of halogens is 1. The molecule has 148 valence electrons. The van der Waals surface area contributed by atoms with Crippen LogP contribution in [0.25, 0.3) is 0 Å². The van der Waals surface area contributed by atoms with Gasteiger partial charge in [0.05, 0.1) is 12.2 Å². The zero-order chi connectivity index (χ0) is 20.2. The Morgan fingerprint density at radius 2 is 1.88 bits per heavy atom. The maximum absolute atomic E-state index is 13.7. The predicted octanol–water partition coefficient (Wildman–Crippen LogP) is 2.45. The Bertz CT molecular complexity index is 560. The van der Waals surface area contributed by atoms with Gasteiger partial charge >= 0.3 is 0 Å². The van der Waals surface area contributed by atoms with E-state index < -0.39 is 5.83 Å². The Labute approximate surface area is 156 Å². The van der Waals surface area contributed by atoms with Gasteiger partial charge in [0, 0.05) is 31.9 Å². The molecule has 0 aliphatic heterocycles. The molecule has 0 radical (unpaired) electrons.